The fraction of sp³-hybridized carbons (Fsp3) is 0.455. The Morgan fingerprint density at radius 2 is 2.13 bits per heavy atom. The van der Waals surface area contributed by atoms with E-state index in [1.54, 1.807) is 12.1 Å². The van der Waals surface area contributed by atoms with E-state index in [9.17, 15) is 5.11 Å². The Morgan fingerprint density at radius 3 is 2.80 bits per heavy atom. The number of benzene rings is 1. The summed E-state index contributed by atoms with van der Waals surface area (Å²) < 4.78 is 5.91. The molecule has 2 N–H and O–H groups in total. The summed E-state index contributed by atoms with van der Waals surface area (Å²) in [7, 11) is 0. The molecule has 0 amide bonds. The second-order valence-corrected chi connectivity index (χ2v) is 4.18. The van der Waals surface area contributed by atoms with Gasteiger partial charge in [0.2, 0.25) is 0 Å². The molecule has 1 spiro atoms. The quantitative estimate of drug-likeness (QED) is 0.706. The molecule has 15 heavy (non-hydrogen) atoms. The second-order valence-electron chi connectivity index (χ2n) is 4.18. The van der Waals surface area contributed by atoms with Crippen molar-refractivity contribution in [3.63, 3.8) is 0 Å². The lowest BCUT2D eigenvalue weighted by Gasteiger charge is -2.45. The number of aryl methyl sites for hydroxylation is 1. The van der Waals surface area contributed by atoms with Crippen molar-refractivity contribution in [1.82, 2.24) is 5.32 Å². The van der Waals surface area contributed by atoms with Crippen molar-refractivity contribution in [2.75, 3.05) is 13.1 Å². The van der Waals surface area contributed by atoms with E-state index < -0.39 is 0 Å². The van der Waals surface area contributed by atoms with Crippen LogP contribution in [0.3, 0.4) is 0 Å². The van der Waals surface area contributed by atoms with Gasteiger partial charge in [0.25, 0.3) is 0 Å². The van der Waals surface area contributed by atoms with Gasteiger partial charge in [-0.15, -0.1) is 12.4 Å². The zero-order valence-electron chi connectivity index (χ0n) is 8.32. The van der Waals surface area contributed by atoms with E-state index in [1.165, 1.54) is 5.56 Å². The summed E-state index contributed by atoms with van der Waals surface area (Å²) in [5.74, 6) is 1.14. The molecule has 3 rings (SSSR count). The molecule has 0 bridgehead atoms. The van der Waals surface area contributed by atoms with Crippen LogP contribution < -0.4 is 10.1 Å². The number of nitrogens with one attached hydrogen (secondary N) is 1. The van der Waals surface area contributed by atoms with Gasteiger partial charge in [0.1, 0.15) is 17.1 Å². The minimum Gasteiger partial charge on any atom is -0.508 e. The number of hydrogen-bond donors (Lipinski definition) is 2. The number of rotatable bonds is 0. The lowest BCUT2D eigenvalue weighted by molar-refractivity contribution is -0.00248. The molecule has 0 aromatic heterocycles. The maximum Gasteiger partial charge on any atom is 0.134 e. The average Bonchev–Trinajstić information content (AvgIpc) is 2.14. The molecule has 82 valence electrons. The molecule has 0 radical (unpaired) electrons. The van der Waals surface area contributed by atoms with Crippen LogP contribution in [-0.2, 0) is 6.42 Å². The lowest BCUT2D eigenvalue weighted by Crippen LogP contribution is -2.64. The van der Waals surface area contributed by atoms with Crippen molar-refractivity contribution in [2.24, 2.45) is 0 Å². The summed E-state index contributed by atoms with van der Waals surface area (Å²) in [4.78, 5) is 0. The van der Waals surface area contributed by atoms with Gasteiger partial charge in [-0.1, -0.05) is 6.07 Å². The number of hydrogen-bond acceptors (Lipinski definition) is 3. The highest BCUT2D eigenvalue weighted by atomic mass is 35.5. The van der Waals surface area contributed by atoms with Crippen LogP contribution in [0.25, 0.3) is 0 Å². The zero-order chi connectivity index (χ0) is 9.60. The Labute approximate surface area is 94.9 Å². The molecule has 3 nitrogen and oxygen atoms in total. The van der Waals surface area contributed by atoms with Crippen molar-refractivity contribution in [1.29, 1.82) is 0 Å². The molecule has 1 aromatic rings. The maximum atomic E-state index is 9.35. The standard InChI is InChI=1S/C11H13NO2.ClH/c13-9-2-1-8-3-4-11(6-12-7-11)14-10(8)5-9;/h1-2,5,12-13H,3-4,6-7H2;1H. The first kappa shape index (κ1) is 10.6. The van der Waals surface area contributed by atoms with Gasteiger partial charge in [0.05, 0.1) is 0 Å². The Bertz CT molecular complexity index is 377. The van der Waals surface area contributed by atoms with Crippen LogP contribution in [0, 0.1) is 0 Å². The van der Waals surface area contributed by atoms with Crippen LogP contribution in [0.4, 0.5) is 0 Å². The number of ether oxygens (including phenoxy) is 1. The molecule has 0 atom stereocenters. The minimum atomic E-state index is 0. The predicted octanol–water partition coefficient (Wildman–Crippen LogP) is 1.48. The first-order chi connectivity index (χ1) is 6.77. The second kappa shape index (κ2) is 3.58. The predicted molar refractivity (Wildman–Crippen MR) is 59.9 cm³/mol. The highest BCUT2D eigenvalue weighted by molar-refractivity contribution is 5.85. The van der Waals surface area contributed by atoms with E-state index in [0.29, 0.717) is 0 Å². The van der Waals surface area contributed by atoms with Crippen LogP contribution in [0.2, 0.25) is 0 Å². The monoisotopic (exact) mass is 227 g/mol. The maximum absolute atomic E-state index is 9.35. The van der Waals surface area contributed by atoms with Crippen LogP contribution in [0.5, 0.6) is 11.5 Å². The number of aromatic hydroxyl groups is 1. The van der Waals surface area contributed by atoms with E-state index in [2.05, 4.69) is 5.32 Å². The van der Waals surface area contributed by atoms with Crippen molar-refractivity contribution >= 4 is 12.4 Å². The van der Waals surface area contributed by atoms with Crippen LogP contribution in [0.1, 0.15) is 12.0 Å². The summed E-state index contributed by atoms with van der Waals surface area (Å²) in [6.07, 6.45) is 2.13. The number of fused-ring (bicyclic) bond motifs is 1. The van der Waals surface area contributed by atoms with Crippen molar-refractivity contribution in [2.45, 2.75) is 18.4 Å². The molecule has 0 aliphatic carbocycles. The fourth-order valence-corrected chi connectivity index (χ4v) is 2.14. The van der Waals surface area contributed by atoms with Gasteiger partial charge >= 0.3 is 0 Å². The van der Waals surface area contributed by atoms with Crippen LogP contribution >= 0.6 is 12.4 Å². The molecule has 0 unspecified atom stereocenters. The summed E-state index contributed by atoms with van der Waals surface area (Å²) in [6, 6.07) is 5.39. The Balaban J connectivity index is 0.000000853. The van der Waals surface area contributed by atoms with Crippen molar-refractivity contribution in [3.05, 3.63) is 23.8 Å². The normalized spacial score (nSPS) is 20.8. The van der Waals surface area contributed by atoms with E-state index >= 15 is 0 Å². The van der Waals surface area contributed by atoms with E-state index in [0.717, 1.165) is 31.7 Å². The summed E-state index contributed by atoms with van der Waals surface area (Å²) in [6.45, 7) is 1.87. The summed E-state index contributed by atoms with van der Waals surface area (Å²) >= 11 is 0. The molecule has 1 fully saturated rings. The highest BCUT2D eigenvalue weighted by Gasteiger charge is 2.41. The number of phenolic OH excluding ortho intramolecular Hbond substituents is 1. The number of halogens is 1. The Morgan fingerprint density at radius 1 is 1.33 bits per heavy atom. The first-order valence-corrected chi connectivity index (χ1v) is 4.99. The van der Waals surface area contributed by atoms with Crippen LogP contribution in [0.15, 0.2) is 18.2 Å². The topological polar surface area (TPSA) is 41.5 Å². The van der Waals surface area contributed by atoms with Crippen LogP contribution in [-0.4, -0.2) is 23.8 Å². The first-order valence-electron chi connectivity index (χ1n) is 4.99. The average molecular weight is 228 g/mol. The lowest BCUT2D eigenvalue weighted by atomic mass is 9.86. The van der Waals surface area contributed by atoms with Gasteiger partial charge < -0.3 is 15.2 Å². The largest absolute Gasteiger partial charge is 0.508 e. The van der Waals surface area contributed by atoms with Gasteiger partial charge in [0.15, 0.2) is 0 Å². The highest BCUT2D eigenvalue weighted by Crippen LogP contribution is 2.37. The fourth-order valence-electron chi connectivity index (χ4n) is 2.14. The van der Waals surface area contributed by atoms with Gasteiger partial charge in [-0.3, -0.25) is 0 Å². The van der Waals surface area contributed by atoms with Gasteiger partial charge in [-0.25, -0.2) is 0 Å². The number of phenols is 1. The molecular formula is C11H14ClNO2. The molecule has 1 aromatic carbocycles. The summed E-state index contributed by atoms with van der Waals surface area (Å²) in [5, 5.41) is 12.6. The minimum absolute atomic E-state index is 0. The van der Waals surface area contributed by atoms with Gasteiger partial charge in [0, 0.05) is 19.2 Å². The smallest absolute Gasteiger partial charge is 0.134 e. The third-order valence-electron chi connectivity index (χ3n) is 3.12. The zero-order valence-corrected chi connectivity index (χ0v) is 9.14. The van der Waals surface area contributed by atoms with Crippen molar-refractivity contribution < 1.29 is 9.84 Å². The molecule has 4 heteroatoms. The van der Waals surface area contributed by atoms with Gasteiger partial charge in [-0.2, -0.15) is 0 Å². The molecule has 2 aliphatic heterocycles. The molecule has 1 saturated heterocycles. The molecular weight excluding hydrogens is 214 g/mol. The van der Waals surface area contributed by atoms with E-state index in [4.69, 9.17) is 4.74 Å². The molecule has 2 heterocycles. The van der Waals surface area contributed by atoms with Gasteiger partial charge in [-0.05, 0) is 24.5 Å². The van der Waals surface area contributed by atoms with Crippen molar-refractivity contribution in [3.8, 4) is 11.5 Å². The SMILES string of the molecule is Cl.Oc1ccc2c(c1)OC1(CC2)CNC1. The van der Waals surface area contributed by atoms with E-state index in [1.807, 2.05) is 6.07 Å². The Kier molecular flexibility index (Phi) is 2.52. The molecule has 2 aliphatic rings. The molecule has 0 saturated carbocycles. The third-order valence-corrected chi connectivity index (χ3v) is 3.12. The Hall–Kier alpha value is -0.930. The van der Waals surface area contributed by atoms with E-state index in [-0.39, 0.29) is 23.8 Å². The third kappa shape index (κ3) is 1.66. The summed E-state index contributed by atoms with van der Waals surface area (Å²) in [5.41, 5.74) is 1.22.